The summed E-state index contributed by atoms with van der Waals surface area (Å²) in [6.07, 6.45) is -3.43. The van der Waals surface area contributed by atoms with Gasteiger partial charge in [0, 0.05) is 0 Å². The average molecular weight is 320 g/mol. The van der Waals surface area contributed by atoms with Crippen LogP contribution in [0.5, 0.6) is 5.75 Å². The number of rotatable bonds is 4. The van der Waals surface area contributed by atoms with E-state index in [2.05, 4.69) is 0 Å². The first-order chi connectivity index (χ1) is 10.7. The van der Waals surface area contributed by atoms with E-state index in [9.17, 15) is 13.9 Å². The summed E-state index contributed by atoms with van der Waals surface area (Å²) in [6, 6.07) is 6.38. The third-order valence-electron chi connectivity index (χ3n) is 4.21. The molecule has 2 aromatic carbocycles. The highest BCUT2D eigenvalue weighted by Crippen LogP contribution is 2.37. The smallest absolute Gasteiger partial charge is 0.427 e. The van der Waals surface area contributed by atoms with Gasteiger partial charge < -0.3 is 9.84 Å². The monoisotopic (exact) mass is 320 g/mol. The quantitative estimate of drug-likeness (QED) is 0.872. The number of hydrogen-bond donors (Lipinski definition) is 1. The van der Waals surface area contributed by atoms with Gasteiger partial charge in [-0.05, 0) is 80.1 Å². The summed E-state index contributed by atoms with van der Waals surface area (Å²) >= 11 is 0. The van der Waals surface area contributed by atoms with Crippen molar-refractivity contribution in [1.82, 2.24) is 0 Å². The molecule has 0 aliphatic heterocycles. The topological polar surface area (TPSA) is 29.5 Å². The van der Waals surface area contributed by atoms with Gasteiger partial charge >= 0.3 is 6.11 Å². The van der Waals surface area contributed by atoms with Crippen molar-refractivity contribution in [2.75, 3.05) is 0 Å². The number of aryl methyl sites for hydroxylation is 4. The van der Waals surface area contributed by atoms with Crippen LogP contribution in [0.25, 0.3) is 0 Å². The van der Waals surface area contributed by atoms with Crippen molar-refractivity contribution in [1.29, 1.82) is 0 Å². The van der Waals surface area contributed by atoms with Crippen LogP contribution in [0.4, 0.5) is 8.78 Å². The number of halogens is 2. The molecule has 4 heteroatoms. The second kappa shape index (κ2) is 6.28. The van der Waals surface area contributed by atoms with Crippen LogP contribution in [-0.4, -0.2) is 5.11 Å². The zero-order chi connectivity index (χ0) is 17.4. The van der Waals surface area contributed by atoms with Gasteiger partial charge in [0.05, 0.1) is 12.2 Å². The lowest BCUT2D eigenvalue weighted by Crippen LogP contribution is -2.24. The Morgan fingerprint density at radius 2 is 1.35 bits per heavy atom. The molecule has 2 rings (SSSR count). The van der Waals surface area contributed by atoms with E-state index in [0.29, 0.717) is 16.7 Å². The van der Waals surface area contributed by atoms with Crippen molar-refractivity contribution in [2.24, 2.45) is 0 Å². The van der Waals surface area contributed by atoms with E-state index in [4.69, 9.17) is 4.74 Å². The van der Waals surface area contributed by atoms with Gasteiger partial charge in [0.1, 0.15) is 5.75 Å². The summed E-state index contributed by atoms with van der Waals surface area (Å²) in [5, 5.41) is 9.18. The first kappa shape index (κ1) is 17.4. The molecule has 0 aromatic heterocycles. The Morgan fingerprint density at radius 1 is 0.870 bits per heavy atom. The van der Waals surface area contributed by atoms with Crippen LogP contribution in [0.15, 0.2) is 24.3 Å². The number of alkyl halides is 2. The number of benzene rings is 2. The minimum Gasteiger partial charge on any atom is -0.429 e. The third kappa shape index (κ3) is 3.53. The van der Waals surface area contributed by atoms with E-state index in [1.54, 1.807) is 38.1 Å². The molecule has 0 radical (unpaired) electrons. The van der Waals surface area contributed by atoms with Crippen LogP contribution < -0.4 is 4.74 Å². The Kier molecular flexibility index (Phi) is 4.76. The summed E-state index contributed by atoms with van der Waals surface area (Å²) in [5.41, 5.74) is 4.17. The molecule has 23 heavy (non-hydrogen) atoms. The maximum Gasteiger partial charge on any atom is 0.427 e. The fraction of sp³-hybridized carbons (Fsp3) is 0.368. The van der Waals surface area contributed by atoms with Gasteiger partial charge in [-0.25, -0.2) is 0 Å². The van der Waals surface area contributed by atoms with Gasteiger partial charge in [0.25, 0.3) is 0 Å². The van der Waals surface area contributed by atoms with E-state index in [0.717, 1.165) is 16.7 Å². The zero-order valence-electron chi connectivity index (χ0n) is 14.1. The summed E-state index contributed by atoms with van der Waals surface area (Å²) in [4.78, 5) is 0. The maximum absolute atomic E-state index is 14.7. The second-order valence-corrected chi connectivity index (χ2v) is 6.06. The van der Waals surface area contributed by atoms with Crippen molar-refractivity contribution in [2.45, 2.75) is 47.3 Å². The normalized spacial score (nSPS) is 11.7. The molecule has 0 aliphatic rings. The van der Waals surface area contributed by atoms with Crippen LogP contribution in [-0.2, 0) is 12.7 Å². The predicted molar refractivity (Wildman–Crippen MR) is 87.0 cm³/mol. The Labute approximate surface area is 135 Å². The van der Waals surface area contributed by atoms with Gasteiger partial charge in [-0.1, -0.05) is 12.1 Å². The van der Waals surface area contributed by atoms with Gasteiger partial charge in [-0.15, -0.1) is 0 Å². The lowest BCUT2D eigenvalue weighted by atomic mass is 9.98. The standard InChI is InChI=1S/C19H22F2O2/c1-11-8-17(9-12(2)15(11)5)23-19(20,21)18-13(3)6-16(10-22)7-14(18)4/h6-9,22H,10H2,1-5H3. The molecule has 0 amide bonds. The molecule has 2 nitrogen and oxygen atoms in total. The van der Waals surface area contributed by atoms with E-state index in [1.165, 1.54) is 0 Å². The lowest BCUT2D eigenvalue weighted by molar-refractivity contribution is -0.186. The minimum absolute atomic E-state index is 0.148. The molecule has 2 aromatic rings. The molecule has 0 bridgehead atoms. The molecule has 0 fully saturated rings. The third-order valence-corrected chi connectivity index (χ3v) is 4.21. The molecule has 0 aliphatic carbocycles. The summed E-state index contributed by atoms with van der Waals surface area (Å²) < 4.78 is 34.4. The molecule has 0 saturated carbocycles. The van der Waals surface area contributed by atoms with Crippen LogP contribution in [0.1, 0.15) is 38.9 Å². The molecule has 0 unspecified atom stereocenters. The van der Waals surface area contributed by atoms with Crippen molar-refractivity contribution in [3.05, 3.63) is 63.2 Å². The Balaban J connectivity index is 2.43. The first-order valence-corrected chi connectivity index (χ1v) is 7.52. The highest BCUT2D eigenvalue weighted by molar-refractivity contribution is 5.43. The zero-order valence-corrected chi connectivity index (χ0v) is 14.1. The predicted octanol–water partition coefficient (Wildman–Crippen LogP) is 4.85. The molecule has 1 N–H and O–H groups in total. The highest BCUT2D eigenvalue weighted by atomic mass is 19.3. The van der Waals surface area contributed by atoms with Gasteiger partial charge in [-0.2, -0.15) is 8.78 Å². The van der Waals surface area contributed by atoms with Crippen molar-refractivity contribution >= 4 is 0 Å². The average Bonchev–Trinajstić information content (AvgIpc) is 2.42. The summed E-state index contributed by atoms with van der Waals surface area (Å²) in [7, 11) is 0. The first-order valence-electron chi connectivity index (χ1n) is 7.52. The maximum atomic E-state index is 14.7. The summed E-state index contributed by atoms with van der Waals surface area (Å²) in [6.45, 7) is 8.73. The number of hydrogen-bond acceptors (Lipinski definition) is 2. The van der Waals surface area contributed by atoms with Crippen LogP contribution in [0, 0.1) is 34.6 Å². The SMILES string of the molecule is Cc1cc(OC(F)(F)c2c(C)cc(CO)cc2C)cc(C)c1C. The molecule has 0 spiro atoms. The number of ether oxygens (including phenoxy) is 1. The Hall–Kier alpha value is -1.94. The van der Waals surface area contributed by atoms with E-state index in [-0.39, 0.29) is 17.9 Å². The van der Waals surface area contributed by atoms with Crippen LogP contribution in [0.3, 0.4) is 0 Å². The van der Waals surface area contributed by atoms with Crippen LogP contribution in [0.2, 0.25) is 0 Å². The van der Waals surface area contributed by atoms with Crippen molar-refractivity contribution in [3.8, 4) is 5.75 Å². The van der Waals surface area contributed by atoms with E-state index in [1.807, 2.05) is 20.8 Å². The second-order valence-electron chi connectivity index (χ2n) is 6.06. The fourth-order valence-electron chi connectivity index (χ4n) is 2.86. The van der Waals surface area contributed by atoms with Crippen molar-refractivity contribution < 1.29 is 18.6 Å². The van der Waals surface area contributed by atoms with Crippen molar-refractivity contribution in [3.63, 3.8) is 0 Å². The lowest BCUT2D eigenvalue weighted by Gasteiger charge is -2.23. The summed E-state index contributed by atoms with van der Waals surface area (Å²) in [5.74, 6) is 0.153. The van der Waals surface area contributed by atoms with Gasteiger partial charge in [-0.3, -0.25) is 0 Å². The van der Waals surface area contributed by atoms with Gasteiger partial charge in [0.2, 0.25) is 0 Å². The Bertz CT molecular complexity index is 690. The van der Waals surface area contributed by atoms with E-state index >= 15 is 0 Å². The molecule has 0 saturated heterocycles. The molecule has 124 valence electrons. The molecular formula is C19H22F2O2. The minimum atomic E-state index is -3.43. The molecule has 0 atom stereocenters. The molecular weight excluding hydrogens is 298 g/mol. The van der Waals surface area contributed by atoms with Crippen LogP contribution >= 0.6 is 0 Å². The molecule has 0 heterocycles. The van der Waals surface area contributed by atoms with Gasteiger partial charge in [0.15, 0.2) is 0 Å². The number of aliphatic hydroxyl groups is 1. The highest BCUT2D eigenvalue weighted by Gasteiger charge is 2.38. The number of aliphatic hydroxyl groups excluding tert-OH is 1. The fourth-order valence-corrected chi connectivity index (χ4v) is 2.86. The van der Waals surface area contributed by atoms with E-state index < -0.39 is 6.11 Å². The largest absolute Gasteiger partial charge is 0.429 e. The Morgan fingerprint density at radius 3 is 1.78 bits per heavy atom.